The van der Waals surface area contributed by atoms with E-state index in [4.69, 9.17) is 4.74 Å². The van der Waals surface area contributed by atoms with E-state index in [0.717, 1.165) is 37.0 Å². The largest absolute Gasteiger partial charge is 0.497 e. The van der Waals surface area contributed by atoms with Gasteiger partial charge in [0.2, 0.25) is 11.0 Å². The molecule has 1 heterocycles. The van der Waals surface area contributed by atoms with Crippen LogP contribution >= 0.6 is 11.3 Å². The molecule has 28 heavy (non-hydrogen) atoms. The standard InChI is InChI=1S/C19H25N5O3S/c1-12(20-18(26)21-14-6-4-3-5-7-14)16(25)22-19-24-23-17(28-19)13-8-10-15(27-2)11-9-13/h8-12,14H,3-7H2,1-2H3,(H2,20,21,26)(H,22,24,25)/t12-/m0/s1. The van der Waals surface area contributed by atoms with Crippen LogP contribution in [0.1, 0.15) is 39.0 Å². The van der Waals surface area contributed by atoms with Gasteiger partial charge in [-0.3, -0.25) is 10.1 Å². The Morgan fingerprint density at radius 1 is 1.14 bits per heavy atom. The molecule has 1 atom stereocenters. The minimum absolute atomic E-state index is 0.194. The zero-order valence-electron chi connectivity index (χ0n) is 16.0. The maximum absolute atomic E-state index is 12.3. The molecule has 3 N–H and O–H groups in total. The van der Waals surface area contributed by atoms with Gasteiger partial charge in [0.25, 0.3) is 0 Å². The fourth-order valence-electron chi connectivity index (χ4n) is 3.07. The first-order chi connectivity index (χ1) is 13.5. The van der Waals surface area contributed by atoms with Crippen LogP contribution in [0.15, 0.2) is 24.3 Å². The Bertz CT molecular complexity index is 802. The molecule has 9 heteroatoms. The highest BCUT2D eigenvalue weighted by atomic mass is 32.1. The molecule has 0 radical (unpaired) electrons. The third-order valence-corrected chi connectivity index (χ3v) is 5.56. The lowest BCUT2D eigenvalue weighted by Gasteiger charge is -2.23. The zero-order chi connectivity index (χ0) is 19.9. The number of hydrogen-bond donors (Lipinski definition) is 3. The van der Waals surface area contributed by atoms with Crippen LogP contribution in [0.4, 0.5) is 9.93 Å². The second kappa shape index (κ2) is 9.50. The summed E-state index contributed by atoms with van der Waals surface area (Å²) in [5.74, 6) is 0.421. The van der Waals surface area contributed by atoms with E-state index in [9.17, 15) is 9.59 Å². The number of carbonyl (C=O) groups excluding carboxylic acids is 2. The van der Waals surface area contributed by atoms with Crippen LogP contribution in [0.2, 0.25) is 0 Å². The van der Waals surface area contributed by atoms with Gasteiger partial charge >= 0.3 is 6.03 Å². The summed E-state index contributed by atoms with van der Waals surface area (Å²) in [5.41, 5.74) is 0.886. The van der Waals surface area contributed by atoms with Crippen LogP contribution in [0.25, 0.3) is 10.6 Å². The monoisotopic (exact) mass is 403 g/mol. The summed E-state index contributed by atoms with van der Waals surface area (Å²) < 4.78 is 5.14. The first-order valence-electron chi connectivity index (χ1n) is 9.41. The molecule has 0 spiro atoms. The molecule has 0 saturated heterocycles. The van der Waals surface area contributed by atoms with E-state index in [1.54, 1.807) is 14.0 Å². The van der Waals surface area contributed by atoms with E-state index < -0.39 is 6.04 Å². The number of amides is 3. The van der Waals surface area contributed by atoms with Crippen molar-refractivity contribution in [3.05, 3.63) is 24.3 Å². The predicted octanol–water partition coefficient (Wildman–Crippen LogP) is 3.17. The minimum atomic E-state index is -0.683. The fourth-order valence-corrected chi connectivity index (χ4v) is 3.83. The highest BCUT2D eigenvalue weighted by Crippen LogP contribution is 2.27. The summed E-state index contributed by atoms with van der Waals surface area (Å²) in [6.45, 7) is 1.64. The molecule has 1 aliphatic carbocycles. The van der Waals surface area contributed by atoms with Gasteiger partial charge in [0, 0.05) is 11.6 Å². The average Bonchev–Trinajstić information content (AvgIpc) is 3.17. The van der Waals surface area contributed by atoms with Crippen molar-refractivity contribution in [3.63, 3.8) is 0 Å². The lowest BCUT2D eigenvalue weighted by molar-refractivity contribution is -0.117. The molecule has 3 amide bonds. The molecule has 1 aliphatic rings. The Kier molecular flexibility index (Phi) is 6.80. The molecule has 8 nitrogen and oxygen atoms in total. The normalized spacial score (nSPS) is 15.5. The van der Waals surface area contributed by atoms with Crippen molar-refractivity contribution >= 4 is 28.4 Å². The van der Waals surface area contributed by atoms with E-state index in [-0.39, 0.29) is 18.0 Å². The van der Waals surface area contributed by atoms with E-state index >= 15 is 0 Å². The Morgan fingerprint density at radius 3 is 2.54 bits per heavy atom. The van der Waals surface area contributed by atoms with Gasteiger partial charge in [-0.1, -0.05) is 30.6 Å². The summed E-state index contributed by atoms with van der Waals surface area (Å²) in [5, 5.41) is 17.5. The highest BCUT2D eigenvalue weighted by Gasteiger charge is 2.20. The summed E-state index contributed by atoms with van der Waals surface area (Å²) in [7, 11) is 1.61. The molecule has 2 aromatic rings. The first-order valence-corrected chi connectivity index (χ1v) is 10.2. The van der Waals surface area contributed by atoms with Gasteiger partial charge < -0.3 is 15.4 Å². The van der Waals surface area contributed by atoms with Gasteiger partial charge in [-0.25, -0.2) is 4.79 Å². The van der Waals surface area contributed by atoms with Crippen LogP contribution < -0.4 is 20.7 Å². The van der Waals surface area contributed by atoms with Crippen molar-refractivity contribution in [1.82, 2.24) is 20.8 Å². The number of rotatable bonds is 6. The molecule has 1 aromatic heterocycles. The summed E-state index contributed by atoms with van der Waals surface area (Å²) >= 11 is 1.27. The van der Waals surface area contributed by atoms with Crippen LogP contribution in [0, 0.1) is 0 Å². The van der Waals surface area contributed by atoms with Crippen molar-refractivity contribution in [2.75, 3.05) is 12.4 Å². The number of nitrogens with zero attached hydrogens (tertiary/aromatic N) is 2. The number of benzene rings is 1. The third-order valence-electron chi connectivity index (χ3n) is 4.67. The molecule has 1 saturated carbocycles. The van der Waals surface area contributed by atoms with Gasteiger partial charge in [-0.05, 0) is 44.0 Å². The molecule has 1 aromatic carbocycles. The maximum Gasteiger partial charge on any atom is 0.315 e. The lowest BCUT2D eigenvalue weighted by Crippen LogP contribution is -2.49. The molecule has 0 aliphatic heterocycles. The molecule has 0 bridgehead atoms. The van der Waals surface area contributed by atoms with Crippen molar-refractivity contribution in [2.24, 2.45) is 0 Å². The highest BCUT2D eigenvalue weighted by molar-refractivity contribution is 7.18. The topological polar surface area (TPSA) is 105 Å². The van der Waals surface area contributed by atoms with E-state index in [2.05, 4.69) is 26.1 Å². The lowest BCUT2D eigenvalue weighted by atomic mass is 9.96. The van der Waals surface area contributed by atoms with Crippen molar-refractivity contribution in [1.29, 1.82) is 0 Å². The Hall–Kier alpha value is -2.68. The van der Waals surface area contributed by atoms with Crippen LogP contribution in [0.5, 0.6) is 5.75 Å². The SMILES string of the molecule is COc1ccc(-c2nnc(NC(=O)[C@H](C)NC(=O)NC3CCCCC3)s2)cc1. The van der Waals surface area contributed by atoms with Gasteiger partial charge in [0.15, 0.2) is 0 Å². The number of anilines is 1. The summed E-state index contributed by atoms with van der Waals surface area (Å²) in [6.07, 6.45) is 5.47. The number of ether oxygens (including phenoxy) is 1. The minimum Gasteiger partial charge on any atom is -0.497 e. The van der Waals surface area contributed by atoms with Gasteiger partial charge in [-0.15, -0.1) is 10.2 Å². The number of aromatic nitrogens is 2. The number of methoxy groups -OCH3 is 1. The molecular weight excluding hydrogens is 378 g/mol. The van der Waals surface area contributed by atoms with Crippen molar-refractivity contribution in [2.45, 2.75) is 51.1 Å². The molecule has 3 rings (SSSR count). The average molecular weight is 404 g/mol. The Balaban J connectivity index is 1.50. The number of urea groups is 1. The van der Waals surface area contributed by atoms with Gasteiger partial charge in [-0.2, -0.15) is 0 Å². The Morgan fingerprint density at radius 2 is 1.86 bits per heavy atom. The van der Waals surface area contributed by atoms with E-state index in [0.29, 0.717) is 10.1 Å². The van der Waals surface area contributed by atoms with Crippen LogP contribution in [0.3, 0.4) is 0 Å². The number of carbonyl (C=O) groups is 2. The van der Waals surface area contributed by atoms with Crippen molar-refractivity contribution < 1.29 is 14.3 Å². The quantitative estimate of drug-likeness (QED) is 0.687. The third kappa shape index (κ3) is 5.41. The fraction of sp³-hybridized carbons (Fsp3) is 0.474. The second-order valence-corrected chi connectivity index (χ2v) is 7.78. The summed E-state index contributed by atoms with van der Waals surface area (Å²) in [4.78, 5) is 24.4. The second-order valence-electron chi connectivity index (χ2n) is 6.80. The molecule has 0 unspecified atom stereocenters. The van der Waals surface area contributed by atoms with Crippen LogP contribution in [-0.4, -0.2) is 41.3 Å². The van der Waals surface area contributed by atoms with Crippen molar-refractivity contribution in [3.8, 4) is 16.3 Å². The first kappa shape index (κ1) is 20.1. The molecule has 150 valence electrons. The predicted molar refractivity (Wildman–Crippen MR) is 109 cm³/mol. The zero-order valence-corrected chi connectivity index (χ0v) is 16.8. The number of hydrogen-bond acceptors (Lipinski definition) is 6. The Labute approximate surface area is 168 Å². The van der Waals surface area contributed by atoms with E-state index in [1.807, 2.05) is 24.3 Å². The van der Waals surface area contributed by atoms with E-state index in [1.165, 1.54) is 17.8 Å². The van der Waals surface area contributed by atoms with Gasteiger partial charge in [0.1, 0.15) is 16.8 Å². The van der Waals surface area contributed by atoms with Gasteiger partial charge in [0.05, 0.1) is 7.11 Å². The summed E-state index contributed by atoms with van der Waals surface area (Å²) in [6, 6.07) is 6.63. The molecular formula is C19H25N5O3S. The van der Waals surface area contributed by atoms with Crippen LogP contribution in [-0.2, 0) is 4.79 Å². The number of nitrogens with one attached hydrogen (secondary N) is 3. The molecule has 1 fully saturated rings. The maximum atomic E-state index is 12.3. The smallest absolute Gasteiger partial charge is 0.315 e.